The lowest BCUT2D eigenvalue weighted by Gasteiger charge is -2.14. The van der Waals surface area contributed by atoms with Gasteiger partial charge in [-0.05, 0) is 31.5 Å². The van der Waals surface area contributed by atoms with Crippen LogP contribution < -0.4 is 4.74 Å². The minimum absolute atomic E-state index is 0.0929. The van der Waals surface area contributed by atoms with Gasteiger partial charge in [0.25, 0.3) is 0 Å². The second kappa shape index (κ2) is 6.21. The van der Waals surface area contributed by atoms with E-state index in [0.717, 1.165) is 4.47 Å². The SMILES string of the molecule is CCOC(=O)C(F)Oc1c(C)cc(Br)cc1Cl. The molecule has 1 unspecified atom stereocenters. The lowest BCUT2D eigenvalue weighted by Crippen LogP contribution is -2.25. The maximum atomic E-state index is 13.4. The Labute approximate surface area is 112 Å². The molecule has 0 amide bonds. The topological polar surface area (TPSA) is 35.5 Å². The average Bonchev–Trinajstić information content (AvgIpc) is 2.23. The maximum Gasteiger partial charge on any atom is 0.381 e. The van der Waals surface area contributed by atoms with Crippen molar-refractivity contribution in [2.45, 2.75) is 20.2 Å². The molecular formula is C11H11BrClFO3. The zero-order valence-electron chi connectivity index (χ0n) is 9.30. The quantitative estimate of drug-likeness (QED) is 0.793. The lowest BCUT2D eigenvalue weighted by atomic mass is 10.2. The minimum atomic E-state index is -2.17. The third-order valence-corrected chi connectivity index (χ3v) is 2.63. The van der Waals surface area contributed by atoms with Crippen LogP contribution >= 0.6 is 27.5 Å². The molecule has 0 N–H and O–H groups in total. The number of benzene rings is 1. The predicted molar refractivity (Wildman–Crippen MR) is 66.0 cm³/mol. The van der Waals surface area contributed by atoms with Crippen LogP contribution in [0.3, 0.4) is 0 Å². The molecule has 6 heteroatoms. The molecule has 3 nitrogen and oxygen atoms in total. The molecule has 0 saturated carbocycles. The Bertz CT molecular complexity index is 402. The van der Waals surface area contributed by atoms with Crippen LogP contribution in [0.25, 0.3) is 0 Å². The normalized spacial score (nSPS) is 12.1. The number of halogens is 3. The van der Waals surface area contributed by atoms with Gasteiger partial charge in [-0.25, -0.2) is 4.79 Å². The van der Waals surface area contributed by atoms with Gasteiger partial charge in [0, 0.05) is 4.47 Å². The molecule has 0 radical (unpaired) electrons. The minimum Gasteiger partial charge on any atom is -0.461 e. The first-order valence-corrected chi connectivity index (χ1v) is 6.05. The van der Waals surface area contributed by atoms with Crippen LogP contribution in [0, 0.1) is 6.92 Å². The molecule has 0 aromatic heterocycles. The van der Waals surface area contributed by atoms with Crippen molar-refractivity contribution in [2.24, 2.45) is 0 Å². The fraction of sp³-hybridized carbons (Fsp3) is 0.364. The molecule has 17 heavy (non-hydrogen) atoms. The third-order valence-electron chi connectivity index (χ3n) is 1.89. The molecule has 0 bridgehead atoms. The van der Waals surface area contributed by atoms with Gasteiger partial charge < -0.3 is 9.47 Å². The van der Waals surface area contributed by atoms with Gasteiger partial charge in [-0.3, -0.25) is 0 Å². The molecule has 1 rings (SSSR count). The van der Waals surface area contributed by atoms with Crippen LogP contribution in [0.2, 0.25) is 5.02 Å². The van der Waals surface area contributed by atoms with Gasteiger partial charge in [0.05, 0.1) is 11.6 Å². The van der Waals surface area contributed by atoms with E-state index in [9.17, 15) is 9.18 Å². The van der Waals surface area contributed by atoms with Crippen molar-refractivity contribution in [1.82, 2.24) is 0 Å². The van der Waals surface area contributed by atoms with Crippen LogP contribution in [-0.2, 0) is 9.53 Å². The summed E-state index contributed by atoms with van der Waals surface area (Å²) in [7, 11) is 0. The molecule has 1 atom stereocenters. The molecule has 0 fully saturated rings. The summed E-state index contributed by atoms with van der Waals surface area (Å²) in [6.07, 6.45) is -2.17. The van der Waals surface area contributed by atoms with Crippen LogP contribution in [-0.4, -0.2) is 18.9 Å². The molecule has 0 aliphatic rings. The average molecular weight is 326 g/mol. The highest BCUT2D eigenvalue weighted by Crippen LogP contribution is 2.32. The lowest BCUT2D eigenvalue weighted by molar-refractivity contribution is -0.159. The number of rotatable bonds is 4. The van der Waals surface area contributed by atoms with E-state index in [0.29, 0.717) is 5.56 Å². The fourth-order valence-corrected chi connectivity index (χ4v) is 2.21. The van der Waals surface area contributed by atoms with Crippen molar-refractivity contribution in [2.75, 3.05) is 6.61 Å². The standard InChI is InChI=1S/C11H11BrClFO3/c1-3-16-11(15)10(14)17-9-6(2)4-7(12)5-8(9)13/h4-5,10H,3H2,1-2H3. The largest absolute Gasteiger partial charge is 0.461 e. The van der Waals surface area contributed by atoms with Crippen molar-refractivity contribution >= 4 is 33.5 Å². The molecule has 1 aromatic carbocycles. The first-order chi connectivity index (χ1) is 7.95. The first kappa shape index (κ1) is 14.3. The highest BCUT2D eigenvalue weighted by molar-refractivity contribution is 9.10. The van der Waals surface area contributed by atoms with Gasteiger partial charge >= 0.3 is 12.3 Å². The Morgan fingerprint density at radius 1 is 1.59 bits per heavy atom. The highest BCUT2D eigenvalue weighted by atomic mass is 79.9. The smallest absolute Gasteiger partial charge is 0.381 e. The molecule has 0 saturated heterocycles. The molecular weight excluding hydrogens is 314 g/mol. The molecule has 1 aromatic rings. The van der Waals surface area contributed by atoms with E-state index in [1.54, 1.807) is 26.0 Å². The summed E-state index contributed by atoms with van der Waals surface area (Å²) in [5, 5.41) is 0.226. The van der Waals surface area contributed by atoms with E-state index < -0.39 is 12.3 Å². The number of aryl methyl sites for hydroxylation is 1. The fourth-order valence-electron chi connectivity index (χ4n) is 1.20. The maximum absolute atomic E-state index is 13.4. The second-order valence-corrected chi connectivity index (χ2v) is 4.54. The molecule has 0 aliphatic carbocycles. The van der Waals surface area contributed by atoms with E-state index in [-0.39, 0.29) is 17.4 Å². The predicted octanol–water partition coefficient (Wildman–Crippen LogP) is 3.65. The van der Waals surface area contributed by atoms with Gasteiger partial charge in [-0.15, -0.1) is 0 Å². The van der Waals surface area contributed by atoms with Gasteiger partial charge in [0.1, 0.15) is 5.75 Å². The number of hydrogen-bond donors (Lipinski definition) is 0. The van der Waals surface area contributed by atoms with Crippen molar-refractivity contribution in [3.05, 3.63) is 27.2 Å². The van der Waals surface area contributed by atoms with Gasteiger partial charge in [-0.2, -0.15) is 4.39 Å². The van der Waals surface area contributed by atoms with Crippen molar-refractivity contribution < 1.29 is 18.7 Å². The van der Waals surface area contributed by atoms with Gasteiger partial charge in [0.15, 0.2) is 0 Å². The zero-order chi connectivity index (χ0) is 13.0. The summed E-state index contributed by atoms with van der Waals surface area (Å²) >= 11 is 9.13. The number of ether oxygens (including phenoxy) is 2. The van der Waals surface area contributed by atoms with Crippen LogP contribution in [0.1, 0.15) is 12.5 Å². The number of carbonyl (C=O) groups excluding carboxylic acids is 1. The Balaban J connectivity index is 2.85. The van der Waals surface area contributed by atoms with E-state index >= 15 is 0 Å². The van der Waals surface area contributed by atoms with E-state index in [2.05, 4.69) is 20.7 Å². The Morgan fingerprint density at radius 2 is 2.24 bits per heavy atom. The first-order valence-electron chi connectivity index (χ1n) is 4.88. The van der Waals surface area contributed by atoms with E-state index in [1.165, 1.54) is 0 Å². The van der Waals surface area contributed by atoms with Crippen LogP contribution in [0.5, 0.6) is 5.75 Å². The molecule has 94 valence electrons. The summed E-state index contributed by atoms with van der Waals surface area (Å²) in [6.45, 7) is 3.38. The number of hydrogen-bond acceptors (Lipinski definition) is 3. The van der Waals surface area contributed by atoms with Crippen molar-refractivity contribution in [1.29, 1.82) is 0 Å². The Morgan fingerprint density at radius 3 is 2.76 bits per heavy atom. The third kappa shape index (κ3) is 3.85. The van der Waals surface area contributed by atoms with Crippen LogP contribution in [0.4, 0.5) is 4.39 Å². The number of alkyl halides is 1. The Hall–Kier alpha value is -0.810. The Kier molecular flexibility index (Phi) is 5.21. The van der Waals surface area contributed by atoms with Crippen molar-refractivity contribution in [3.8, 4) is 5.75 Å². The molecule has 0 heterocycles. The monoisotopic (exact) mass is 324 g/mol. The van der Waals surface area contributed by atoms with Gasteiger partial charge in [-0.1, -0.05) is 27.5 Å². The zero-order valence-corrected chi connectivity index (χ0v) is 11.6. The number of carbonyl (C=O) groups is 1. The highest BCUT2D eigenvalue weighted by Gasteiger charge is 2.22. The van der Waals surface area contributed by atoms with Crippen molar-refractivity contribution in [3.63, 3.8) is 0 Å². The summed E-state index contributed by atoms with van der Waals surface area (Å²) in [5.41, 5.74) is 0.622. The van der Waals surface area contributed by atoms with E-state index in [4.69, 9.17) is 16.3 Å². The summed E-state index contributed by atoms with van der Waals surface area (Å²) in [5.74, 6) is -0.929. The summed E-state index contributed by atoms with van der Waals surface area (Å²) in [6, 6.07) is 3.26. The summed E-state index contributed by atoms with van der Waals surface area (Å²) in [4.78, 5) is 11.1. The molecule has 0 aliphatic heterocycles. The van der Waals surface area contributed by atoms with Crippen LogP contribution in [0.15, 0.2) is 16.6 Å². The van der Waals surface area contributed by atoms with E-state index in [1.807, 2.05) is 0 Å². The second-order valence-electron chi connectivity index (χ2n) is 3.22. The number of esters is 1. The summed E-state index contributed by atoms with van der Waals surface area (Å²) < 4.78 is 23.5. The van der Waals surface area contributed by atoms with Gasteiger partial charge in [0.2, 0.25) is 0 Å². The molecule has 0 spiro atoms.